The molecule has 1 aliphatic rings. The zero-order valence-corrected chi connectivity index (χ0v) is 9.83. The van der Waals surface area contributed by atoms with Crippen molar-refractivity contribution in [1.29, 1.82) is 0 Å². The highest BCUT2D eigenvalue weighted by Gasteiger charge is 2.43. The summed E-state index contributed by atoms with van der Waals surface area (Å²) in [5, 5.41) is 0. The number of likely N-dealkylation sites (N-methyl/N-ethyl adjacent to an activating group) is 1. The number of rotatable bonds is 2. The fraction of sp³-hybridized carbons (Fsp3) is 0.538. The van der Waals surface area contributed by atoms with Gasteiger partial charge in [0.1, 0.15) is 0 Å². The van der Waals surface area contributed by atoms with Crippen molar-refractivity contribution < 1.29 is 0 Å². The van der Waals surface area contributed by atoms with E-state index in [9.17, 15) is 0 Å². The number of nitrogens with two attached hydrogens (primary N) is 1. The molecule has 2 nitrogen and oxygen atoms in total. The third-order valence-corrected chi connectivity index (χ3v) is 3.74. The zero-order chi connectivity index (χ0) is 11.1. The Morgan fingerprint density at radius 1 is 1.40 bits per heavy atom. The van der Waals surface area contributed by atoms with Gasteiger partial charge in [0.25, 0.3) is 0 Å². The first kappa shape index (κ1) is 10.7. The van der Waals surface area contributed by atoms with E-state index in [-0.39, 0.29) is 5.54 Å². The van der Waals surface area contributed by atoms with E-state index < -0.39 is 0 Å². The maximum absolute atomic E-state index is 6.57. The molecule has 1 aromatic rings. The first-order valence-electron chi connectivity index (χ1n) is 5.63. The van der Waals surface area contributed by atoms with E-state index in [2.05, 4.69) is 50.2 Å². The quantitative estimate of drug-likeness (QED) is 0.795. The lowest BCUT2D eigenvalue weighted by molar-refractivity contribution is 0.188. The lowest BCUT2D eigenvalue weighted by atomic mass is 9.86. The molecule has 0 radical (unpaired) electrons. The minimum absolute atomic E-state index is 0.167. The molecule has 15 heavy (non-hydrogen) atoms. The third kappa shape index (κ3) is 1.48. The van der Waals surface area contributed by atoms with Gasteiger partial charge in [-0.3, -0.25) is 0 Å². The highest BCUT2D eigenvalue weighted by Crippen LogP contribution is 2.39. The molecule has 0 saturated carbocycles. The van der Waals surface area contributed by atoms with Crippen LogP contribution in [0.1, 0.15) is 24.5 Å². The SMILES string of the molecule is CCC1(N)c2ccccc2CC1N(C)C. The second-order valence-corrected chi connectivity index (χ2v) is 4.73. The smallest absolute Gasteiger partial charge is 0.0570 e. The molecule has 0 fully saturated rings. The summed E-state index contributed by atoms with van der Waals surface area (Å²) in [7, 11) is 4.24. The molecule has 2 atom stereocenters. The van der Waals surface area contributed by atoms with Gasteiger partial charge in [-0.2, -0.15) is 0 Å². The van der Waals surface area contributed by atoms with Gasteiger partial charge in [-0.25, -0.2) is 0 Å². The second kappa shape index (κ2) is 3.62. The van der Waals surface area contributed by atoms with Crippen LogP contribution in [0.3, 0.4) is 0 Å². The van der Waals surface area contributed by atoms with Crippen molar-refractivity contribution in [3.8, 4) is 0 Å². The minimum Gasteiger partial charge on any atom is -0.320 e. The van der Waals surface area contributed by atoms with E-state index in [1.807, 2.05) is 0 Å². The van der Waals surface area contributed by atoms with Crippen molar-refractivity contribution in [3.05, 3.63) is 35.4 Å². The zero-order valence-electron chi connectivity index (χ0n) is 9.83. The summed E-state index contributed by atoms with van der Waals surface area (Å²) >= 11 is 0. The Kier molecular flexibility index (Phi) is 2.57. The summed E-state index contributed by atoms with van der Waals surface area (Å²) in [6, 6.07) is 9.01. The van der Waals surface area contributed by atoms with Crippen LogP contribution in [0, 0.1) is 0 Å². The van der Waals surface area contributed by atoms with E-state index >= 15 is 0 Å². The first-order valence-corrected chi connectivity index (χ1v) is 5.63. The van der Waals surface area contributed by atoms with Crippen molar-refractivity contribution in [2.24, 2.45) is 5.73 Å². The molecule has 0 bridgehead atoms. The maximum Gasteiger partial charge on any atom is 0.0570 e. The van der Waals surface area contributed by atoms with Crippen LogP contribution < -0.4 is 5.73 Å². The number of nitrogens with zero attached hydrogens (tertiary/aromatic N) is 1. The summed E-state index contributed by atoms with van der Waals surface area (Å²) in [4.78, 5) is 2.25. The molecule has 1 aliphatic carbocycles. The third-order valence-electron chi connectivity index (χ3n) is 3.74. The van der Waals surface area contributed by atoms with Gasteiger partial charge in [-0.05, 0) is 38.1 Å². The Labute approximate surface area is 92.1 Å². The van der Waals surface area contributed by atoms with Gasteiger partial charge in [-0.15, -0.1) is 0 Å². The fourth-order valence-electron chi connectivity index (χ4n) is 2.79. The summed E-state index contributed by atoms with van der Waals surface area (Å²) in [6.45, 7) is 2.18. The van der Waals surface area contributed by atoms with Crippen molar-refractivity contribution >= 4 is 0 Å². The van der Waals surface area contributed by atoms with Crippen LogP contribution in [0.15, 0.2) is 24.3 Å². The topological polar surface area (TPSA) is 29.3 Å². The van der Waals surface area contributed by atoms with Gasteiger partial charge in [0.05, 0.1) is 5.54 Å². The lowest BCUT2D eigenvalue weighted by Gasteiger charge is -2.35. The van der Waals surface area contributed by atoms with Crippen molar-refractivity contribution in [1.82, 2.24) is 4.90 Å². The van der Waals surface area contributed by atoms with E-state index in [1.165, 1.54) is 11.1 Å². The van der Waals surface area contributed by atoms with Gasteiger partial charge in [0, 0.05) is 6.04 Å². The highest BCUT2D eigenvalue weighted by atomic mass is 15.1. The maximum atomic E-state index is 6.57. The summed E-state index contributed by atoms with van der Waals surface area (Å²) in [6.07, 6.45) is 2.07. The molecule has 1 aromatic carbocycles. The molecule has 0 saturated heterocycles. The molecule has 2 rings (SSSR count). The van der Waals surface area contributed by atoms with Crippen LogP contribution in [-0.4, -0.2) is 25.0 Å². The standard InChI is InChI=1S/C13H20N2/c1-4-13(14)11-8-6-5-7-10(11)9-12(13)15(2)3/h5-8,12H,4,9,14H2,1-3H3. The number of hydrogen-bond donors (Lipinski definition) is 1. The van der Waals surface area contributed by atoms with E-state index in [1.54, 1.807) is 0 Å². The Bertz CT molecular complexity index is 359. The molecular formula is C13H20N2. The highest BCUT2D eigenvalue weighted by molar-refractivity contribution is 5.41. The summed E-state index contributed by atoms with van der Waals surface area (Å²) in [5.74, 6) is 0. The van der Waals surface area contributed by atoms with Gasteiger partial charge in [-0.1, -0.05) is 31.2 Å². The molecule has 0 aromatic heterocycles. The minimum atomic E-state index is -0.167. The Hall–Kier alpha value is -0.860. The van der Waals surface area contributed by atoms with Gasteiger partial charge in [0.15, 0.2) is 0 Å². The Morgan fingerprint density at radius 3 is 2.67 bits per heavy atom. The molecule has 0 heterocycles. The predicted octanol–water partition coefficient (Wildman–Crippen LogP) is 1.74. The number of benzene rings is 1. The average molecular weight is 204 g/mol. The van der Waals surface area contributed by atoms with Crippen molar-refractivity contribution in [2.75, 3.05) is 14.1 Å². The summed E-state index contributed by atoms with van der Waals surface area (Å²) in [5.41, 5.74) is 9.16. The number of hydrogen-bond acceptors (Lipinski definition) is 2. The fourth-order valence-corrected chi connectivity index (χ4v) is 2.79. The van der Waals surface area contributed by atoms with E-state index in [0.717, 1.165) is 12.8 Å². The molecule has 82 valence electrons. The average Bonchev–Trinajstić information content (AvgIpc) is 2.54. The van der Waals surface area contributed by atoms with E-state index in [4.69, 9.17) is 5.73 Å². The molecule has 2 N–H and O–H groups in total. The van der Waals surface area contributed by atoms with Crippen LogP contribution in [0.2, 0.25) is 0 Å². The van der Waals surface area contributed by atoms with Gasteiger partial charge >= 0.3 is 0 Å². The molecule has 0 spiro atoms. The van der Waals surface area contributed by atoms with Crippen LogP contribution in [-0.2, 0) is 12.0 Å². The number of fused-ring (bicyclic) bond motifs is 1. The Morgan fingerprint density at radius 2 is 2.07 bits per heavy atom. The van der Waals surface area contributed by atoms with Crippen LogP contribution in [0.25, 0.3) is 0 Å². The Balaban J connectivity index is 2.47. The first-order chi connectivity index (χ1) is 7.09. The molecular weight excluding hydrogens is 184 g/mol. The van der Waals surface area contributed by atoms with E-state index in [0.29, 0.717) is 6.04 Å². The molecule has 2 unspecified atom stereocenters. The monoisotopic (exact) mass is 204 g/mol. The lowest BCUT2D eigenvalue weighted by Crippen LogP contribution is -2.51. The largest absolute Gasteiger partial charge is 0.320 e. The van der Waals surface area contributed by atoms with Gasteiger partial charge in [0.2, 0.25) is 0 Å². The normalized spacial score (nSPS) is 29.5. The van der Waals surface area contributed by atoms with Crippen molar-refractivity contribution in [3.63, 3.8) is 0 Å². The summed E-state index contributed by atoms with van der Waals surface area (Å²) < 4.78 is 0. The van der Waals surface area contributed by atoms with Crippen LogP contribution >= 0.6 is 0 Å². The van der Waals surface area contributed by atoms with Gasteiger partial charge < -0.3 is 10.6 Å². The van der Waals surface area contributed by atoms with Crippen molar-refractivity contribution in [2.45, 2.75) is 31.3 Å². The predicted molar refractivity (Wildman–Crippen MR) is 63.8 cm³/mol. The molecule has 0 amide bonds. The van der Waals surface area contributed by atoms with Crippen LogP contribution in [0.5, 0.6) is 0 Å². The second-order valence-electron chi connectivity index (χ2n) is 4.73. The molecule has 2 heteroatoms. The van der Waals surface area contributed by atoms with Crippen LogP contribution in [0.4, 0.5) is 0 Å². The molecule has 0 aliphatic heterocycles.